The van der Waals surface area contributed by atoms with E-state index in [2.05, 4.69) is 157 Å². The molecule has 47 heavy (non-hydrogen) atoms. The van der Waals surface area contributed by atoms with E-state index in [0.29, 0.717) is 0 Å². The third-order valence-corrected chi connectivity index (χ3v) is 11.9. The van der Waals surface area contributed by atoms with Crippen LogP contribution in [0.1, 0.15) is 0 Å². The van der Waals surface area contributed by atoms with Crippen molar-refractivity contribution in [2.75, 3.05) is 4.90 Å². The fourth-order valence-electron chi connectivity index (χ4n) is 7.20. The van der Waals surface area contributed by atoms with E-state index >= 15 is 0 Å². The molecule has 0 unspecified atom stereocenters. The molecule has 0 amide bonds. The number of rotatable bonds is 4. The number of hydrogen-bond acceptors (Lipinski definition) is 2. The van der Waals surface area contributed by atoms with Gasteiger partial charge in [0.2, 0.25) is 0 Å². The predicted octanol–water partition coefficient (Wildman–Crippen LogP) is 12.4. The van der Waals surface area contributed by atoms with Crippen LogP contribution in [-0.2, 0) is 0 Å². The van der Waals surface area contributed by atoms with Gasteiger partial charge in [-0.05, 0) is 0 Å². The van der Waals surface area contributed by atoms with E-state index in [1.807, 2.05) is 12.1 Å². The van der Waals surface area contributed by atoms with Crippen LogP contribution in [0.15, 0.2) is 168 Å². The minimum absolute atomic E-state index is 0.256. The number of anilines is 3. The number of nitrogens with zero attached hydrogens (tertiary/aromatic N) is 1. The second-order valence-electron chi connectivity index (χ2n) is 12.1. The second-order valence-corrected chi connectivity index (χ2v) is 14.3. The van der Waals surface area contributed by atoms with Crippen molar-refractivity contribution in [1.29, 1.82) is 0 Å². The summed E-state index contributed by atoms with van der Waals surface area (Å²) in [5.41, 5.74) is 7.45. The quantitative estimate of drug-likeness (QED) is 0.138. The van der Waals surface area contributed by atoms with Gasteiger partial charge in [0.25, 0.3) is 0 Å². The average molecular weight is 665 g/mol. The molecule has 220 valence electrons. The molecule has 10 aromatic rings. The van der Waals surface area contributed by atoms with Gasteiger partial charge < -0.3 is 0 Å². The Balaban J connectivity index is 1.24. The Bertz CT molecular complexity index is 2810. The van der Waals surface area contributed by atoms with Gasteiger partial charge in [-0.1, -0.05) is 18.2 Å². The van der Waals surface area contributed by atoms with Crippen LogP contribution in [0.3, 0.4) is 0 Å². The maximum absolute atomic E-state index is 6.39. The maximum atomic E-state index is 6.39. The van der Waals surface area contributed by atoms with Crippen LogP contribution in [0.25, 0.3) is 73.9 Å². The molecule has 0 atom stereocenters. The summed E-state index contributed by atoms with van der Waals surface area (Å²) in [7, 11) is 0. The molecule has 0 bridgehead atoms. The Hall–Kier alpha value is -5.60. The molecule has 0 aliphatic heterocycles. The molecule has 0 saturated heterocycles. The van der Waals surface area contributed by atoms with Gasteiger partial charge in [0.1, 0.15) is 0 Å². The van der Waals surface area contributed by atoms with Crippen molar-refractivity contribution in [3.05, 3.63) is 164 Å². The molecule has 0 aliphatic carbocycles. The monoisotopic (exact) mass is 665 g/mol. The molecular formula is C44H27NOSe. The van der Waals surface area contributed by atoms with Gasteiger partial charge >= 0.3 is 260 Å². The van der Waals surface area contributed by atoms with Crippen LogP contribution in [0.4, 0.5) is 17.1 Å². The van der Waals surface area contributed by atoms with E-state index in [9.17, 15) is 0 Å². The van der Waals surface area contributed by atoms with Gasteiger partial charge in [-0.2, -0.15) is 0 Å². The number of hydrogen-bond donors (Lipinski definition) is 0. The molecule has 0 saturated carbocycles. The van der Waals surface area contributed by atoms with Crippen LogP contribution < -0.4 is 4.90 Å². The first kappa shape index (κ1) is 26.6. The van der Waals surface area contributed by atoms with Crippen molar-refractivity contribution in [2.45, 2.75) is 0 Å². The molecule has 3 heteroatoms. The Morgan fingerprint density at radius 1 is 0.404 bits per heavy atom. The zero-order chi connectivity index (χ0) is 30.9. The van der Waals surface area contributed by atoms with Crippen LogP contribution in [0.2, 0.25) is 0 Å². The second kappa shape index (κ2) is 10.5. The molecule has 0 fully saturated rings. The molecule has 2 aromatic heterocycles. The third-order valence-electron chi connectivity index (χ3n) is 9.42. The van der Waals surface area contributed by atoms with Gasteiger partial charge in [-0.15, -0.1) is 0 Å². The summed E-state index contributed by atoms with van der Waals surface area (Å²) in [5, 5.41) is 10.3. The molecule has 2 heterocycles. The summed E-state index contributed by atoms with van der Waals surface area (Å²) in [5.74, 6) is 0. The Labute approximate surface area is 277 Å². The minimum atomic E-state index is 0.256. The van der Waals surface area contributed by atoms with Gasteiger partial charge in [0.05, 0.1) is 0 Å². The van der Waals surface area contributed by atoms with E-state index in [1.165, 1.54) is 52.0 Å². The van der Waals surface area contributed by atoms with Crippen molar-refractivity contribution in [3.63, 3.8) is 0 Å². The molecule has 0 N–H and O–H groups in total. The topological polar surface area (TPSA) is 16.4 Å². The number of furan rings is 1. The van der Waals surface area contributed by atoms with Gasteiger partial charge in [0, 0.05) is 0 Å². The van der Waals surface area contributed by atoms with E-state index < -0.39 is 0 Å². The van der Waals surface area contributed by atoms with Crippen LogP contribution >= 0.6 is 0 Å². The summed E-state index contributed by atoms with van der Waals surface area (Å²) >= 11 is 0.256. The van der Waals surface area contributed by atoms with Crippen LogP contribution in [0, 0.1) is 0 Å². The van der Waals surface area contributed by atoms with Crippen LogP contribution in [0.5, 0.6) is 0 Å². The molecule has 0 spiro atoms. The third kappa shape index (κ3) is 4.25. The summed E-state index contributed by atoms with van der Waals surface area (Å²) < 4.78 is 9.35. The van der Waals surface area contributed by atoms with Crippen molar-refractivity contribution < 1.29 is 4.42 Å². The fourth-order valence-corrected chi connectivity index (χ4v) is 9.87. The zero-order valence-electron chi connectivity index (χ0n) is 25.4. The molecule has 0 radical (unpaired) electrons. The molecular weight excluding hydrogens is 637 g/mol. The molecule has 0 aliphatic rings. The Morgan fingerprint density at radius 2 is 1.06 bits per heavy atom. The van der Waals surface area contributed by atoms with E-state index in [-0.39, 0.29) is 14.5 Å². The zero-order valence-corrected chi connectivity index (χ0v) is 27.1. The average Bonchev–Trinajstić information content (AvgIpc) is 3.70. The first-order valence-corrected chi connectivity index (χ1v) is 17.6. The summed E-state index contributed by atoms with van der Waals surface area (Å²) in [6, 6.07) is 59.4. The van der Waals surface area contributed by atoms with Gasteiger partial charge in [-0.25, -0.2) is 0 Å². The van der Waals surface area contributed by atoms with E-state index in [1.54, 1.807) is 0 Å². The number of para-hydroxylation sites is 1. The van der Waals surface area contributed by atoms with E-state index in [4.69, 9.17) is 4.42 Å². The fraction of sp³-hybridized carbons (Fsp3) is 0. The van der Waals surface area contributed by atoms with Crippen LogP contribution in [-0.4, -0.2) is 14.5 Å². The standard InChI is InChI=1S/C44H27NOSe/c1-2-9-28(10-3-1)31-11-8-12-32(25-31)45(34-22-24-36-35-13-4-6-15-40(35)46-41(36)27-34)33-21-19-29-17-18-30-20-23-38-37-14-5-7-16-42(37)47-44(38)43(30)39(29)26-33/h1-27H. The summed E-state index contributed by atoms with van der Waals surface area (Å²) in [6.07, 6.45) is 0. The Morgan fingerprint density at radius 3 is 2.00 bits per heavy atom. The molecule has 2 nitrogen and oxygen atoms in total. The van der Waals surface area contributed by atoms with Crippen molar-refractivity contribution in [2.24, 2.45) is 0 Å². The van der Waals surface area contributed by atoms with Gasteiger partial charge in [-0.3, -0.25) is 0 Å². The van der Waals surface area contributed by atoms with Crippen molar-refractivity contribution in [1.82, 2.24) is 0 Å². The molecule has 10 rings (SSSR count). The first-order valence-electron chi connectivity index (χ1n) is 15.9. The normalized spacial score (nSPS) is 11.8. The summed E-state index contributed by atoms with van der Waals surface area (Å²) in [6.45, 7) is 0. The number of fused-ring (bicyclic) bond motifs is 10. The SMILES string of the molecule is c1ccc(-c2cccc(N(c3ccc4c(c3)oc3ccccc34)c3ccc4ccc5ccc6c7ccccc7[se]c6c5c4c3)c2)cc1. The predicted molar refractivity (Wildman–Crippen MR) is 201 cm³/mol. The first-order chi connectivity index (χ1) is 23.3. The summed E-state index contributed by atoms with van der Waals surface area (Å²) in [4.78, 5) is 2.38. The Kier molecular flexibility index (Phi) is 5.92. The van der Waals surface area contributed by atoms with Gasteiger partial charge in [0.15, 0.2) is 0 Å². The van der Waals surface area contributed by atoms with Crippen molar-refractivity contribution in [3.8, 4) is 11.1 Å². The van der Waals surface area contributed by atoms with Crippen molar-refractivity contribution >= 4 is 94.3 Å². The van der Waals surface area contributed by atoms with E-state index in [0.717, 1.165) is 39.0 Å². The number of benzene rings is 8. The molecule has 8 aromatic carbocycles.